The lowest BCUT2D eigenvalue weighted by atomic mass is 10.3. The first kappa shape index (κ1) is 10.4. The Labute approximate surface area is 91.9 Å². The summed E-state index contributed by atoms with van der Waals surface area (Å²) in [6.07, 6.45) is 1.26. The number of benzene rings is 1. The minimum atomic E-state index is -0.556. The first-order valence-electron chi connectivity index (χ1n) is 4.67. The van der Waals surface area contributed by atoms with E-state index in [4.69, 9.17) is 10.5 Å². The van der Waals surface area contributed by atoms with E-state index in [1.807, 2.05) is 0 Å². The Morgan fingerprint density at radius 2 is 1.88 bits per heavy atom. The molecule has 1 aromatic heterocycles. The maximum absolute atomic E-state index is 13.5. The molecule has 0 saturated carbocycles. The van der Waals surface area contributed by atoms with Crippen molar-refractivity contribution < 1.29 is 9.13 Å². The Morgan fingerprint density at radius 1 is 1.19 bits per heavy atom. The van der Waals surface area contributed by atoms with Crippen molar-refractivity contribution in [1.29, 1.82) is 0 Å². The lowest BCUT2D eigenvalue weighted by molar-refractivity contribution is 0.417. The molecule has 0 bridgehead atoms. The fraction of sp³-hybridized carbons (Fsp3) is 0.0909. The van der Waals surface area contributed by atoms with Crippen molar-refractivity contribution in [3.8, 4) is 11.6 Å². The zero-order chi connectivity index (χ0) is 11.5. The molecule has 0 radical (unpaired) electrons. The van der Waals surface area contributed by atoms with Crippen molar-refractivity contribution in [2.24, 2.45) is 0 Å². The van der Waals surface area contributed by atoms with Gasteiger partial charge < -0.3 is 10.5 Å². The summed E-state index contributed by atoms with van der Waals surface area (Å²) in [6.45, 7) is 1.55. The van der Waals surface area contributed by atoms with Crippen LogP contribution in [0.5, 0.6) is 11.6 Å². The topological polar surface area (TPSA) is 61.0 Å². The summed E-state index contributed by atoms with van der Waals surface area (Å²) in [5.41, 5.74) is 6.39. The van der Waals surface area contributed by atoms with E-state index in [2.05, 4.69) is 9.97 Å². The first-order chi connectivity index (χ1) is 7.66. The van der Waals surface area contributed by atoms with E-state index >= 15 is 0 Å². The number of nitrogens with zero attached hydrogens (tertiary/aromatic N) is 2. The van der Waals surface area contributed by atoms with Crippen LogP contribution in [-0.2, 0) is 0 Å². The Balaban J connectivity index is 2.27. The predicted octanol–water partition coefficient (Wildman–Crippen LogP) is 2.30. The van der Waals surface area contributed by atoms with Gasteiger partial charge in [-0.05, 0) is 31.2 Å². The minimum Gasteiger partial charge on any atom is -0.436 e. The molecule has 1 aromatic carbocycles. The number of nitrogen functional groups attached to an aromatic ring is 1. The number of halogens is 1. The maximum atomic E-state index is 13.5. The van der Waals surface area contributed by atoms with Crippen LogP contribution in [0, 0.1) is 12.7 Å². The van der Waals surface area contributed by atoms with Crippen LogP contribution in [0.15, 0.2) is 30.6 Å². The fourth-order valence-corrected chi connectivity index (χ4v) is 1.15. The second-order valence-electron chi connectivity index (χ2n) is 3.25. The summed E-state index contributed by atoms with van der Waals surface area (Å²) in [6, 6.07) is 6.63. The second-order valence-corrected chi connectivity index (χ2v) is 3.25. The van der Waals surface area contributed by atoms with E-state index in [0.29, 0.717) is 11.4 Å². The lowest BCUT2D eigenvalue weighted by Crippen LogP contribution is -1.96. The molecule has 82 valence electrons. The van der Waals surface area contributed by atoms with Crippen LogP contribution >= 0.6 is 0 Å². The third-order valence-corrected chi connectivity index (χ3v) is 2.03. The van der Waals surface area contributed by atoms with Crippen LogP contribution in [-0.4, -0.2) is 9.97 Å². The van der Waals surface area contributed by atoms with E-state index in [1.54, 1.807) is 31.2 Å². The quantitative estimate of drug-likeness (QED) is 0.787. The number of aromatic nitrogens is 2. The van der Waals surface area contributed by atoms with Crippen LogP contribution < -0.4 is 10.5 Å². The van der Waals surface area contributed by atoms with Crippen LogP contribution in [0.4, 0.5) is 10.1 Å². The molecule has 0 amide bonds. The summed E-state index contributed by atoms with van der Waals surface area (Å²) in [4.78, 5) is 7.43. The van der Waals surface area contributed by atoms with Crippen LogP contribution in [0.3, 0.4) is 0 Å². The number of nitrogens with two attached hydrogens (primary N) is 1. The van der Waals surface area contributed by atoms with Crippen LogP contribution in [0.2, 0.25) is 0 Å². The molecule has 4 nitrogen and oxygen atoms in total. The van der Waals surface area contributed by atoms with Gasteiger partial charge in [-0.15, -0.1) is 0 Å². The number of rotatable bonds is 2. The van der Waals surface area contributed by atoms with Crippen LogP contribution in [0.25, 0.3) is 0 Å². The Bertz CT molecular complexity index is 499. The molecule has 0 unspecified atom stereocenters. The van der Waals surface area contributed by atoms with E-state index in [1.165, 1.54) is 6.33 Å². The van der Waals surface area contributed by atoms with Gasteiger partial charge in [0.1, 0.15) is 12.1 Å². The molecule has 0 aliphatic rings. The van der Waals surface area contributed by atoms with Gasteiger partial charge in [-0.25, -0.2) is 4.98 Å². The number of anilines is 1. The molecule has 0 fully saturated rings. The molecule has 2 rings (SSSR count). The Morgan fingerprint density at radius 3 is 2.56 bits per heavy atom. The molecule has 0 aliphatic heterocycles. The van der Waals surface area contributed by atoms with Gasteiger partial charge in [0, 0.05) is 5.69 Å². The van der Waals surface area contributed by atoms with Gasteiger partial charge in [-0.1, -0.05) is 0 Å². The van der Waals surface area contributed by atoms with Gasteiger partial charge in [0.25, 0.3) is 5.88 Å². The number of ether oxygens (including phenoxy) is 1. The summed E-state index contributed by atoms with van der Waals surface area (Å²) < 4.78 is 18.8. The lowest BCUT2D eigenvalue weighted by Gasteiger charge is -2.06. The van der Waals surface area contributed by atoms with Crippen molar-refractivity contribution in [1.82, 2.24) is 9.97 Å². The molecule has 0 atom stereocenters. The summed E-state index contributed by atoms with van der Waals surface area (Å²) >= 11 is 0. The molecule has 0 spiro atoms. The zero-order valence-corrected chi connectivity index (χ0v) is 8.64. The van der Waals surface area contributed by atoms with Gasteiger partial charge in [0.05, 0.1) is 5.69 Å². The normalized spacial score (nSPS) is 10.1. The highest BCUT2D eigenvalue weighted by Gasteiger charge is 2.09. The van der Waals surface area contributed by atoms with Crippen molar-refractivity contribution in [3.63, 3.8) is 0 Å². The summed E-state index contributed by atoms with van der Waals surface area (Å²) in [5, 5.41) is 0. The van der Waals surface area contributed by atoms with E-state index in [-0.39, 0.29) is 11.6 Å². The van der Waals surface area contributed by atoms with Crippen molar-refractivity contribution in [2.75, 3.05) is 5.73 Å². The highest BCUT2D eigenvalue weighted by molar-refractivity contribution is 5.42. The number of hydrogen-bond acceptors (Lipinski definition) is 4. The second kappa shape index (κ2) is 4.14. The van der Waals surface area contributed by atoms with Crippen molar-refractivity contribution >= 4 is 5.69 Å². The highest BCUT2D eigenvalue weighted by atomic mass is 19.1. The molecule has 1 heterocycles. The third-order valence-electron chi connectivity index (χ3n) is 2.03. The predicted molar refractivity (Wildman–Crippen MR) is 57.7 cm³/mol. The minimum absolute atomic E-state index is 0.0859. The molecular weight excluding hydrogens is 209 g/mol. The molecule has 0 saturated heterocycles. The third kappa shape index (κ3) is 2.08. The van der Waals surface area contributed by atoms with E-state index < -0.39 is 5.82 Å². The SMILES string of the molecule is Cc1ncnc(Oc2ccc(N)cc2)c1F. The number of aryl methyl sites for hydroxylation is 1. The maximum Gasteiger partial charge on any atom is 0.259 e. The standard InChI is InChI=1S/C11H10FN3O/c1-7-10(12)11(15-6-14-7)16-9-4-2-8(13)3-5-9/h2-6H,13H2,1H3. The van der Waals surface area contributed by atoms with Crippen LogP contribution in [0.1, 0.15) is 5.69 Å². The van der Waals surface area contributed by atoms with Gasteiger partial charge in [-0.3, -0.25) is 0 Å². The average Bonchev–Trinajstić information content (AvgIpc) is 2.28. The van der Waals surface area contributed by atoms with Gasteiger partial charge in [0.2, 0.25) is 5.82 Å². The van der Waals surface area contributed by atoms with Gasteiger partial charge in [-0.2, -0.15) is 9.37 Å². The van der Waals surface area contributed by atoms with Gasteiger partial charge in [0.15, 0.2) is 0 Å². The summed E-state index contributed by atoms with van der Waals surface area (Å²) in [7, 11) is 0. The monoisotopic (exact) mass is 219 g/mol. The fourth-order valence-electron chi connectivity index (χ4n) is 1.15. The van der Waals surface area contributed by atoms with E-state index in [0.717, 1.165) is 0 Å². The van der Waals surface area contributed by atoms with Gasteiger partial charge >= 0.3 is 0 Å². The van der Waals surface area contributed by atoms with Crippen molar-refractivity contribution in [2.45, 2.75) is 6.92 Å². The first-order valence-corrected chi connectivity index (χ1v) is 4.67. The smallest absolute Gasteiger partial charge is 0.259 e. The molecule has 16 heavy (non-hydrogen) atoms. The molecule has 2 N–H and O–H groups in total. The number of hydrogen-bond donors (Lipinski definition) is 1. The molecular formula is C11H10FN3O. The zero-order valence-electron chi connectivity index (χ0n) is 8.64. The highest BCUT2D eigenvalue weighted by Crippen LogP contribution is 2.23. The molecule has 0 aliphatic carbocycles. The summed E-state index contributed by atoms with van der Waals surface area (Å²) in [5.74, 6) is -0.164. The molecule has 2 aromatic rings. The Hall–Kier alpha value is -2.17. The van der Waals surface area contributed by atoms with E-state index in [9.17, 15) is 4.39 Å². The van der Waals surface area contributed by atoms with Crippen molar-refractivity contribution in [3.05, 3.63) is 42.1 Å². The Kier molecular flexibility index (Phi) is 2.68. The largest absolute Gasteiger partial charge is 0.436 e. The average molecular weight is 219 g/mol. The molecule has 5 heteroatoms.